The third kappa shape index (κ3) is 4.39. The Morgan fingerprint density at radius 3 is 2.68 bits per heavy atom. The first kappa shape index (κ1) is 15.2. The van der Waals surface area contributed by atoms with Gasteiger partial charge in [-0.3, -0.25) is 14.7 Å². The van der Waals surface area contributed by atoms with Crippen molar-refractivity contribution in [2.45, 2.75) is 46.1 Å². The Bertz CT molecular complexity index is 440. The number of rotatable bonds is 6. The standard InChI is InChI=1S/C13H21N3O3/c1-5-19-11(17)6-9(4)15-13(18)10-7-14-16-12(10)8(2)3/h7-9H,5-6H2,1-4H3,(H,14,16)(H,15,18)/t9-/m1/s1. The highest BCUT2D eigenvalue weighted by Gasteiger charge is 2.19. The first-order valence-electron chi connectivity index (χ1n) is 6.45. The van der Waals surface area contributed by atoms with Crippen LogP contribution in [-0.4, -0.2) is 34.7 Å². The van der Waals surface area contributed by atoms with E-state index in [9.17, 15) is 9.59 Å². The first-order valence-corrected chi connectivity index (χ1v) is 6.45. The number of aromatic amines is 1. The molecule has 0 aliphatic heterocycles. The summed E-state index contributed by atoms with van der Waals surface area (Å²) in [6.45, 7) is 7.82. The zero-order valence-corrected chi connectivity index (χ0v) is 11.8. The minimum Gasteiger partial charge on any atom is -0.466 e. The number of hydrogen-bond donors (Lipinski definition) is 2. The smallest absolute Gasteiger partial charge is 0.307 e. The lowest BCUT2D eigenvalue weighted by atomic mass is 10.1. The fraction of sp³-hybridized carbons (Fsp3) is 0.615. The summed E-state index contributed by atoms with van der Waals surface area (Å²) in [5.74, 6) is -0.357. The SMILES string of the molecule is CCOC(=O)C[C@@H](C)NC(=O)c1cn[nH]c1C(C)C. The van der Waals surface area contributed by atoms with Crippen LogP contribution in [0.3, 0.4) is 0 Å². The third-order valence-electron chi connectivity index (χ3n) is 2.65. The number of aromatic nitrogens is 2. The number of hydrogen-bond acceptors (Lipinski definition) is 4. The number of nitrogens with zero attached hydrogens (tertiary/aromatic N) is 1. The van der Waals surface area contributed by atoms with Gasteiger partial charge >= 0.3 is 5.97 Å². The topological polar surface area (TPSA) is 84.1 Å². The number of nitrogens with one attached hydrogen (secondary N) is 2. The number of ether oxygens (including phenoxy) is 1. The molecule has 0 fully saturated rings. The van der Waals surface area contributed by atoms with Crippen molar-refractivity contribution >= 4 is 11.9 Å². The van der Waals surface area contributed by atoms with E-state index in [0.717, 1.165) is 5.69 Å². The van der Waals surface area contributed by atoms with Gasteiger partial charge in [-0.15, -0.1) is 0 Å². The van der Waals surface area contributed by atoms with Crippen LogP contribution in [0.25, 0.3) is 0 Å². The summed E-state index contributed by atoms with van der Waals surface area (Å²) in [6.07, 6.45) is 1.66. The van der Waals surface area contributed by atoms with Crippen LogP contribution >= 0.6 is 0 Å². The van der Waals surface area contributed by atoms with E-state index in [1.54, 1.807) is 13.8 Å². The molecule has 1 aromatic rings. The molecular weight excluding hydrogens is 246 g/mol. The summed E-state index contributed by atoms with van der Waals surface area (Å²) in [6, 6.07) is -0.276. The molecule has 2 N–H and O–H groups in total. The second kappa shape index (κ2) is 6.92. The molecule has 1 atom stereocenters. The molecule has 0 aliphatic carbocycles. The zero-order valence-electron chi connectivity index (χ0n) is 11.8. The number of carbonyl (C=O) groups excluding carboxylic acids is 2. The second-order valence-corrected chi connectivity index (χ2v) is 4.74. The molecule has 1 heterocycles. The molecule has 0 spiro atoms. The van der Waals surface area contributed by atoms with Crippen LogP contribution in [0.15, 0.2) is 6.20 Å². The Kier molecular flexibility index (Phi) is 5.54. The Labute approximate surface area is 112 Å². The minimum atomic E-state index is -0.313. The largest absolute Gasteiger partial charge is 0.466 e. The van der Waals surface area contributed by atoms with Gasteiger partial charge in [0.2, 0.25) is 0 Å². The van der Waals surface area contributed by atoms with E-state index in [-0.39, 0.29) is 30.3 Å². The summed E-state index contributed by atoms with van der Waals surface area (Å²) in [5, 5.41) is 9.47. The van der Waals surface area contributed by atoms with Gasteiger partial charge in [-0.2, -0.15) is 5.10 Å². The maximum Gasteiger partial charge on any atom is 0.307 e. The van der Waals surface area contributed by atoms with E-state index in [1.807, 2.05) is 13.8 Å². The predicted molar refractivity (Wildman–Crippen MR) is 70.9 cm³/mol. The normalized spacial score (nSPS) is 12.3. The molecule has 6 heteroatoms. The summed E-state index contributed by atoms with van der Waals surface area (Å²) < 4.78 is 4.84. The van der Waals surface area contributed by atoms with E-state index in [2.05, 4.69) is 15.5 Å². The molecule has 0 aromatic carbocycles. The molecule has 1 rings (SSSR count). The maximum atomic E-state index is 12.1. The van der Waals surface area contributed by atoms with Crippen LogP contribution in [-0.2, 0) is 9.53 Å². The van der Waals surface area contributed by atoms with Crippen molar-refractivity contribution in [1.82, 2.24) is 15.5 Å². The van der Waals surface area contributed by atoms with E-state index < -0.39 is 0 Å². The highest BCUT2D eigenvalue weighted by molar-refractivity contribution is 5.95. The number of H-pyrrole nitrogens is 1. The molecule has 0 bridgehead atoms. The van der Waals surface area contributed by atoms with Gasteiger partial charge in [-0.05, 0) is 19.8 Å². The molecule has 0 saturated heterocycles. The molecule has 1 amide bonds. The van der Waals surface area contributed by atoms with Gasteiger partial charge in [0.25, 0.3) is 5.91 Å². The van der Waals surface area contributed by atoms with Crippen molar-refractivity contribution in [1.29, 1.82) is 0 Å². The maximum absolute atomic E-state index is 12.1. The van der Waals surface area contributed by atoms with Gasteiger partial charge in [-0.1, -0.05) is 13.8 Å². The van der Waals surface area contributed by atoms with Gasteiger partial charge in [-0.25, -0.2) is 0 Å². The van der Waals surface area contributed by atoms with Crippen LogP contribution in [0, 0.1) is 0 Å². The van der Waals surface area contributed by atoms with Crippen LogP contribution in [0.5, 0.6) is 0 Å². The number of esters is 1. The van der Waals surface area contributed by atoms with Crippen LogP contribution in [0.2, 0.25) is 0 Å². The summed E-state index contributed by atoms with van der Waals surface area (Å²) >= 11 is 0. The molecule has 0 aliphatic rings. The predicted octanol–water partition coefficient (Wildman–Crippen LogP) is 1.60. The molecule has 0 unspecified atom stereocenters. The van der Waals surface area contributed by atoms with E-state index in [1.165, 1.54) is 6.20 Å². The molecule has 0 radical (unpaired) electrons. The lowest BCUT2D eigenvalue weighted by Gasteiger charge is -2.13. The van der Waals surface area contributed by atoms with E-state index in [4.69, 9.17) is 4.74 Å². The summed E-state index contributed by atoms with van der Waals surface area (Å²) in [7, 11) is 0. The van der Waals surface area contributed by atoms with Gasteiger partial charge in [0.1, 0.15) is 0 Å². The molecule has 1 aromatic heterocycles. The summed E-state index contributed by atoms with van der Waals surface area (Å²) in [5.41, 5.74) is 1.31. The van der Waals surface area contributed by atoms with Crippen molar-refractivity contribution in [3.05, 3.63) is 17.5 Å². The zero-order chi connectivity index (χ0) is 14.4. The van der Waals surface area contributed by atoms with Gasteiger partial charge in [0.05, 0.1) is 30.5 Å². The molecule has 6 nitrogen and oxygen atoms in total. The highest BCUT2D eigenvalue weighted by atomic mass is 16.5. The van der Waals surface area contributed by atoms with Gasteiger partial charge in [0, 0.05) is 6.04 Å². The average molecular weight is 267 g/mol. The molecular formula is C13H21N3O3. The van der Waals surface area contributed by atoms with Crippen molar-refractivity contribution < 1.29 is 14.3 Å². The van der Waals surface area contributed by atoms with E-state index >= 15 is 0 Å². The quantitative estimate of drug-likeness (QED) is 0.767. The van der Waals surface area contributed by atoms with Gasteiger partial charge in [0.15, 0.2) is 0 Å². The number of amides is 1. The monoisotopic (exact) mass is 267 g/mol. The third-order valence-corrected chi connectivity index (χ3v) is 2.65. The van der Waals surface area contributed by atoms with Crippen molar-refractivity contribution in [3.63, 3.8) is 0 Å². The Morgan fingerprint density at radius 2 is 2.11 bits per heavy atom. The van der Waals surface area contributed by atoms with Crippen LogP contribution < -0.4 is 5.32 Å². The fourth-order valence-corrected chi connectivity index (χ4v) is 1.74. The van der Waals surface area contributed by atoms with Gasteiger partial charge < -0.3 is 10.1 Å². The fourth-order valence-electron chi connectivity index (χ4n) is 1.74. The Morgan fingerprint density at radius 1 is 1.42 bits per heavy atom. The Balaban J connectivity index is 2.59. The average Bonchev–Trinajstić information content (AvgIpc) is 2.77. The van der Waals surface area contributed by atoms with E-state index in [0.29, 0.717) is 12.2 Å². The van der Waals surface area contributed by atoms with Crippen LogP contribution in [0.4, 0.5) is 0 Å². The lowest BCUT2D eigenvalue weighted by molar-refractivity contribution is -0.143. The van der Waals surface area contributed by atoms with Crippen molar-refractivity contribution in [2.75, 3.05) is 6.61 Å². The van der Waals surface area contributed by atoms with Crippen molar-refractivity contribution in [3.8, 4) is 0 Å². The Hall–Kier alpha value is -1.85. The lowest BCUT2D eigenvalue weighted by Crippen LogP contribution is -2.35. The second-order valence-electron chi connectivity index (χ2n) is 4.74. The highest BCUT2D eigenvalue weighted by Crippen LogP contribution is 2.16. The first-order chi connectivity index (χ1) is 8.95. The number of carbonyl (C=O) groups is 2. The van der Waals surface area contributed by atoms with Crippen LogP contribution in [0.1, 0.15) is 56.1 Å². The summed E-state index contributed by atoms with van der Waals surface area (Å²) in [4.78, 5) is 23.4. The molecule has 19 heavy (non-hydrogen) atoms. The molecule has 0 saturated carbocycles. The molecule has 106 valence electrons. The minimum absolute atomic E-state index is 0.161. The van der Waals surface area contributed by atoms with Crippen molar-refractivity contribution in [2.24, 2.45) is 0 Å².